The Balaban J connectivity index is 2.90. The van der Waals surface area contributed by atoms with E-state index >= 15 is 0 Å². The molecule has 2 N–H and O–H groups in total. The van der Waals surface area contributed by atoms with Crippen molar-refractivity contribution in [1.29, 1.82) is 0 Å². The predicted molar refractivity (Wildman–Crippen MR) is 70.9 cm³/mol. The lowest BCUT2D eigenvalue weighted by Crippen LogP contribution is -2.30. The van der Waals surface area contributed by atoms with Crippen LogP contribution in [0.25, 0.3) is 0 Å². The van der Waals surface area contributed by atoms with Gasteiger partial charge in [0.05, 0.1) is 12.2 Å². The summed E-state index contributed by atoms with van der Waals surface area (Å²) in [7, 11) is 0. The molecule has 5 heteroatoms. The SMILES string of the molecule is CCCC(Oc1ccccc1C(N)=O)C(=O)OCC. The van der Waals surface area contributed by atoms with Gasteiger partial charge in [0.25, 0.3) is 5.91 Å². The minimum absolute atomic E-state index is 0.257. The van der Waals surface area contributed by atoms with E-state index in [1.807, 2.05) is 6.92 Å². The van der Waals surface area contributed by atoms with Crippen LogP contribution in [0.15, 0.2) is 24.3 Å². The highest BCUT2D eigenvalue weighted by atomic mass is 16.6. The normalized spacial score (nSPS) is 11.7. The number of ether oxygens (including phenoxy) is 2. The molecule has 1 aromatic rings. The minimum Gasteiger partial charge on any atom is -0.478 e. The molecule has 0 aliphatic rings. The van der Waals surface area contributed by atoms with Gasteiger partial charge in [0.2, 0.25) is 0 Å². The molecule has 104 valence electrons. The summed E-state index contributed by atoms with van der Waals surface area (Å²) in [4.78, 5) is 23.0. The molecule has 1 atom stereocenters. The Bertz CT molecular complexity index is 445. The van der Waals surface area contributed by atoms with E-state index in [-0.39, 0.29) is 5.56 Å². The molecule has 1 rings (SSSR count). The molecule has 5 nitrogen and oxygen atoms in total. The van der Waals surface area contributed by atoms with Crippen molar-refractivity contribution in [3.63, 3.8) is 0 Å². The number of para-hydroxylation sites is 1. The third-order valence-electron chi connectivity index (χ3n) is 2.52. The second-order valence-electron chi connectivity index (χ2n) is 4.01. The molecule has 0 aliphatic heterocycles. The van der Waals surface area contributed by atoms with Crippen molar-refractivity contribution in [2.24, 2.45) is 5.73 Å². The number of primary amides is 1. The van der Waals surface area contributed by atoms with Gasteiger partial charge >= 0.3 is 5.97 Å². The Morgan fingerprint density at radius 3 is 2.53 bits per heavy atom. The van der Waals surface area contributed by atoms with Gasteiger partial charge in [0.1, 0.15) is 5.75 Å². The van der Waals surface area contributed by atoms with Gasteiger partial charge in [-0.15, -0.1) is 0 Å². The number of esters is 1. The van der Waals surface area contributed by atoms with Gasteiger partial charge < -0.3 is 15.2 Å². The number of amides is 1. The average Bonchev–Trinajstić information content (AvgIpc) is 2.39. The summed E-state index contributed by atoms with van der Waals surface area (Å²) in [6, 6.07) is 6.58. The first-order valence-corrected chi connectivity index (χ1v) is 6.32. The fourth-order valence-electron chi connectivity index (χ4n) is 1.65. The second-order valence-corrected chi connectivity index (χ2v) is 4.01. The number of hydrogen-bond donors (Lipinski definition) is 1. The Labute approximate surface area is 112 Å². The molecule has 1 aromatic carbocycles. The van der Waals surface area contributed by atoms with Crippen molar-refractivity contribution in [3.05, 3.63) is 29.8 Å². The van der Waals surface area contributed by atoms with E-state index in [4.69, 9.17) is 15.2 Å². The lowest BCUT2D eigenvalue weighted by Gasteiger charge is -2.18. The molecule has 0 aliphatic carbocycles. The van der Waals surface area contributed by atoms with E-state index in [2.05, 4.69) is 0 Å². The molecule has 0 heterocycles. The summed E-state index contributed by atoms with van der Waals surface area (Å²) >= 11 is 0. The van der Waals surface area contributed by atoms with Gasteiger partial charge in [-0.2, -0.15) is 0 Å². The maximum atomic E-state index is 11.8. The fraction of sp³-hybridized carbons (Fsp3) is 0.429. The van der Waals surface area contributed by atoms with Crippen LogP contribution < -0.4 is 10.5 Å². The lowest BCUT2D eigenvalue weighted by molar-refractivity contribution is -0.151. The molecule has 19 heavy (non-hydrogen) atoms. The van der Waals surface area contributed by atoms with Crippen LogP contribution in [0.4, 0.5) is 0 Å². The van der Waals surface area contributed by atoms with Gasteiger partial charge in [-0.25, -0.2) is 4.79 Å². The Hall–Kier alpha value is -2.04. The number of carbonyl (C=O) groups excluding carboxylic acids is 2. The van der Waals surface area contributed by atoms with Gasteiger partial charge in [0, 0.05) is 0 Å². The van der Waals surface area contributed by atoms with E-state index in [0.717, 1.165) is 6.42 Å². The first kappa shape index (κ1) is 15.0. The van der Waals surface area contributed by atoms with Crippen molar-refractivity contribution in [3.8, 4) is 5.75 Å². The van der Waals surface area contributed by atoms with Crippen LogP contribution in [0.1, 0.15) is 37.0 Å². The molecular formula is C14H19NO4. The van der Waals surface area contributed by atoms with E-state index in [1.165, 1.54) is 0 Å². The van der Waals surface area contributed by atoms with Crippen LogP contribution in [0.5, 0.6) is 5.75 Å². The quantitative estimate of drug-likeness (QED) is 0.764. The number of nitrogens with two attached hydrogens (primary N) is 1. The molecule has 0 saturated heterocycles. The summed E-state index contributed by atoms with van der Waals surface area (Å²) in [6.07, 6.45) is 0.569. The van der Waals surface area contributed by atoms with Crippen molar-refractivity contribution in [1.82, 2.24) is 0 Å². The minimum atomic E-state index is -0.717. The zero-order valence-corrected chi connectivity index (χ0v) is 11.2. The first-order valence-electron chi connectivity index (χ1n) is 6.32. The van der Waals surface area contributed by atoms with Crippen molar-refractivity contribution in [2.45, 2.75) is 32.8 Å². The fourth-order valence-corrected chi connectivity index (χ4v) is 1.65. The summed E-state index contributed by atoms with van der Waals surface area (Å²) < 4.78 is 10.5. The van der Waals surface area contributed by atoms with E-state index in [1.54, 1.807) is 31.2 Å². The molecule has 0 spiro atoms. The molecule has 0 aromatic heterocycles. The van der Waals surface area contributed by atoms with E-state index in [9.17, 15) is 9.59 Å². The largest absolute Gasteiger partial charge is 0.478 e. The Kier molecular flexibility index (Phi) is 5.85. The van der Waals surface area contributed by atoms with Crippen LogP contribution in [0.2, 0.25) is 0 Å². The number of hydrogen-bond acceptors (Lipinski definition) is 4. The summed E-state index contributed by atoms with van der Waals surface area (Å²) in [5.41, 5.74) is 5.52. The van der Waals surface area contributed by atoms with Crippen LogP contribution in [-0.2, 0) is 9.53 Å². The third-order valence-corrected chi connectivity index (χ3v) is 2.52. The predicted octanol–water partition coefficient (Wildman–Crippen LogP) is 1.90. The molecule has 1 unspecified atom stereocenters. The van der Waals surface area contributed by atoms with Crippen LogP contribution >= 0.6 is 0 Å². The van der Waals surface area contributed by atoms with Crippen molar-refractivity contribution < 1.29 is 19.1 Å². The highest BCUT2D eigenvalue weighted by Gasteiger charge is 2.22. The highest BCUT2D eigenvalue weighted by Crippen LogP contribution is 2.20. The second kappa shape index (κ2) is 7.41. The molecule has 0 radical (unpaired) electrons. The summed E-state index contributed by atoms with van der Waals surface area (Å²) in [6.45, 7) is 3.97. The number of benzene rings is 1. The van der Waals surface area contributed by atoms with Gasteiger partial charge in [-0.1, -0.05) is 25.5 Å². The molecule has 0 fully saturated rings. The van der Waals surface area contributed by atoms with Crippen molar-refractivity contribution >= 4 is 11.9 Å². The van der Waals surface area contributed by atoms with E-state index in [0.29, 0.717) is 18.8 Å². The molecule has 0 bridgehead atoms. The Morgan fingerprint density at radius 1 is 1.26 bits per heavy atom. The first-order chi connectivity index (χ1) is 9.10. The van der Waals surface area contributed by atoms with E-state index < -0.39 is 18.0 Å². The lowest BCUT2D eigenvalue weighted by atomic mass is 10.1. The zero-order chi connectivity index (χ0) is 14.3. The topological polar surface area (TPSA) is 78.6 Å². The molecule has 1 amide bonds. The number of rotatable bonds is 7. The Morgan fingerprint density at radius 2 is 1.95 bits per heavy atom. The van der Waals surface area contributed by atoms with Crippen LogP contribution in [0, 0.1) is 0 Å². The third kappa shape index (κ3) is 4.28. The number of carbonyl (C=O) groups is 2. The highest BCUT2D eigenvalue weighted by molar-refractivity contribution is 5.95. The van der Waals surface area contributed by atoms with Gasteiger partial charge in [-0.05, 0) is 25.5 Å². The molecular weight excluding hydrogens is 246 g/mol. The van der Waals surface area contributed by atoms with Gasteiger partial charge in [0.15, 0.2) is 6.10 Å². The zero-order valence-electron chi connectivity index (χ0n) is 11.2. The maximum absolute atomic E-state index is 11.8. The standard InChI is InChI=1S/C14H19NO4/c1-3-7-12(14(17)18-4-2)19-11-9-6-5-8-10(11)13(15)16/h5-6,8-9,12H,3-4,7H2,1-2H3,(H2,15,16). The summed E-state index contributed by atoms with van der Waals surface area (Å²) in [5, 5.41) is 0. The van der Waals surface area contributed by atoms with Crippen molar-refractivity contribution in [2.75, 3.05) is 6.61 Å². The van der Waals surface area contributed by atoms with Crippen LogP contribution in [0.3, 0.4) is 0 Å². The smallest absolute Gasteiger partial charge is 0.347 e. The molecule has 0 saturated carbocycles. The van der Waals surface area contributed by atoms with Crippen LogP contribution in [-0.4, -0.2) is 24.6 Å². The maximum Gasteiger partial charge on any atom is 0.347 e. The van der Waals surface area contributed by atoms with Gasteiger partial charge in [-0.3, -0.25) is 4.79 Å². The average molecular weight is 265 g/mol. The summed E-state index contributed by atoms with van der Waals surface area (Å²) in [5.74, 6) is -0.708. The monoisotopic (exact) mass is 265 g/mol.